The number of carbonyl (C=O) groups is 1. The number of hydrogen-bond donors (Lipinski definition) is 2. The van der Waals surface area contributed by atoms with Crippen LogP contribution in [-0.4, -0.2) is 28.5 Å². The average molecular weight is 515 g/mol. The van der Waals surface area contributed by atoms with Crippen LogP contribution in [0.1, 0.15) is 16.8 Å². The molecule has 0 bridgehead atoms. The highest BCUT2D eigenvalue weighted by molar-refractivity contribution is 5.86. The number of anilines is 2. The van der Waals surface area contributed by atoms with E-state index in [0.717, 1.165) is 23.4 Å². The Kier molecular flexibility index (Phi) is 7.23. The van der Waals surface area contributed by atoms with Crippen LogP contribution in [0, 0.1) is 5.92 Å². The summed E-state index contributed by atoms with van der Waals surface area (Å²) in [4.78, 5) is 39.5. The lowest BCUT2D eigenvalue weighted by Gasteiger charge is -2.37. The van der Waals surface area contributed by atoms with E-state index in [1.165, 1.54) is 35.9 Å². The smallest absolute Gasteiger partial charge is 0.416 e. The summed E-state index contributed by atoms with van der Waals surface area (Å²) in [7, 11) is 1.52. The van der Waals surface area contributed by atoms with Gasteiger partial charge in [0.2, 0.25) is 5.91 Å². The van der Waals surface area contributed by atoms with Gasteiger partial charge in [-0.3, -0.25) is 19.1 Å². The molecule has 2 N–H and O–H groups in total. The molecule has 1 amide bonds. The number of nitrogens with zero attached hydrogens (tertiary/aromatic N) is 2. The topological polar surface area (TPSA) is 96.4 Å². The van der Waals surface area contributed by atoms with Crippen LogP contribution in [0.3, 0.4) is 0 Å². The minimum Gasteiger partial charge on any atom is -0.487 e. The first-order chi connectivity index (χ1) is 17.6. The van der Waals surface area contributed by atoms with E-state index in [4.69, 9.17) is 4.74 Å². The predicted molar refractivity (Wildman–Crippen MR) is 132 cm³/mol. The molecule has 0 aliphatic carbocycles. The summed E-state index contributed by atoms with van der Waals surface area (Å²) in [6.07, 6.45) is -2.75. The average Bonchev–Trinajstić information content (AvgIpc) is 2.87. The molecule has 2 heterocycles. The van der Waals surface area contributed by atoms with E-state index in [9.17, 15) is 27.6 Å². The van der Waals surface area contributed by atoms with Crippen molar-refractivity contribution in [1.82, 2.24) is 14.9 Å². The van der Waals surface area contributed by atoms with Gasteiger partial charge in [0, 0.05) is 43.1 Å². The first kappa shape index (κ1) is 25.8. The number of amides is 1. The molecule has 0 unspecified atom stereocenters. The fraction of sp³-hybridized carbons (Fsp3) is 0.269. The fourth-order valence-corrected chi connectivity index (χ4v) is 4.28. The Morgan fingerprint density at radius 2 is 1.95 bits per heavy atom. The van der Waals surface area contributed by atoms with Gasteiger partial charge in [0.25, 0.3) is 5.56 Å². The summed E-state index contributed by atoms with van der Waals surface area (Å²) in [5.41, 5.74) is 0.629. The minimum atomic E-state index is -4.45. The number of H-pyrrole nitrogens is 1. The molecule has 2 aromatic carbocycles. The second-order valence-corrected chi connectivity index (χ2v) is 8.71. The van der Waals surface area contributed by atoms with Gasteiger partial charge in [-0.1, -0.05) is 12.6 Å². The van der Waals surface area contributed by atoms with Crippen LogP contribution in [0.25, 0.3) is 0 Å². The van der Waals surface area contributed by atoms with Gasteiger partial charge >= 0.3 is 11.9 Å². The maximum Gasteiger partial charge on any atom is 0.416 e. The van der Waals surface area contributed by atoms with Gasteiger partial charge in [0.05, 0.1) is 11.3 Å². The summed E-state index contributed by atoms with van der Waals surface area (Å²) in [6, 6.07) is 11.5. The van der Waals surface area contributed by atoms with Crippen LogP contribution in [0.2, 0.25) is 0 Å². The Labute approximate surface area is 210 Å². The lowest BCUT2D eigenvalue weighted by atomic mass is 9.91. The number of aromatic amines is 1. The number of aromatic nitrogens is 2. The Morgan fingerprint density at radius 1 is 1.22 bits per heavy atom. The van der Waals surface area contributed by atoms with Gasteiger partial charge in [-0.15, -0.1) is 0 Å². The maximum atomic E-state index is 13.1. The quantitative estimate of drug-likeness (QED) is 0.472. The number of halogens is 3. The number of rotatable bonds is 7. The van der Waals surface area contributed by atoms with E-state index in [0.29, 0.717) is 36.6 Å². The second kappa shape index (κ2) is 10.4. The highest BCUT2D eigenvalue weighted by atomic mass is 19.4. The summed E-state index contributed by atoms with van der Waals surface area (Å²) in [6.45, 7) is 4.17. The zero-order valence-corrected chi connectivity index (χ0v) is 20.0. The first-order valence-electron chi connectivity index (χ1n) is 11.5. The predicted octanol–water partition coefficient (Wildman–Crippen LogP) is 3.28. The molecule has 1 atom stereocenters. The molecule has 37 heavy (non-hydrogen) atoms. The van der Waals surface area contributed by atoms with Crippen LogP contribution in [0.5, 0.6) is 5.75 Å². The minimum absolute atomic E-state index is 0.0513. The van der Waals surface area contributed by atoms with E-state index < -0.39 is 23.0 Å². The molecule has 1 aliphatic rings. The van der Waals surface area contributed by atoms with E-state index in [-0.39, 0.29) is 18.4 Å². The van der Waals surface area contributed by atoms with Crippen molar-refractivity contribution in [3.63, 3.8) is 0 Å². The van der Waals surface area contributed by atoms with Crippen molar-refractivity contribution < 1.29 is 22.7 Å². The molecule has 3 aromatic rings. The number of ether oxygens (including phenoxy) is 1. The molecule has 4 rings (SSSR count). The monoisotopic (exact) mass is 514 g/mol. The van der Waals surface area contributed by atoms with Crippen molar-refractivity contribution in [3.05, 3.63) is 98.8 Å². The normalized spacial score (nSPS) is 15.1. The lowest BCUT2D eigenvalue weighted by molar-refractivity contribution is -0.137. The zero-order valence-electron chi connectivity index (χ0n) is 20.0. The SMILES string of the molecule is C=CC(=O)NC[C@@H]1Cc2c(OCc3cc(=O)[nH]c(=O)n3C)cccc2N(c2ccc(C(F)(F)F)cc2)C1. The van der Waals surface area contributed by atoms with Crippen molar-refractivity contribution in [2.45, 2.75) is 19.2 Å². The van der Waals surface area contributed by atoms with E-state index in [2.05, 4.69) is 16.9 Å². The molecule has 194 valence electrons. The van der Waals surface area contributed by atoms with E-state index in [1.807, 2.05) is 11.0 Å². The molecule has 0 spiro atoms. The van der Waals surface area contributed by atoms with Crippen LogP contribution in [0.15, 0.2) is 70.8 Å². The zero-order chi connectivity index (χ0) is 26.7. The second-order valence-electron chi connectivity index (χ2n) is 8.71. The van der Waals surface area contributed by atoms with E-state index in [1.54, 1.807) is 12.1 Å². The highest BCUT2D eigenvalue weighted by Crippen LogP contribution is 2.41. The van der Waals surface area contributed by atoms with Gasteiger partial charge < -0.3 is 15.0 Å². The Morgan fingerprint density at radius 3 is 2.62 bits per heavy atom. The summed E-state index contributed by atoms with van der Waals surface area (Å²) >= 11 is 0. The standard InChI is InChI=1S/C26H25F3N4O4/c1-3-23(34)30-13-16-11-20-21(33(14-16)18-9-7-17(8-10-18)26(27,28)29)5-4-6-22(20)37-15-19-12-24(35)31-25(36)32(19)2/h3-10,12,16H,1,11,13-15H2,2H3,(H,30,34)(H,31,35,36)/t16-/m0/s1. The lowest BCUT2D eigenvalue weighted by Crippen LogP contribution is -2.39. The molecule has 1 aliphatic heterocycles. The third-order valence-electron chi connectivity index (χ3n) is 6.23. The van der Waals surface area contributed by atoms with Gasteiger partial charge in [0.1, 0.15) is 12.4 Å². The van der Waals surface area contributed by atoms with Crippen molar-refractivity contribution >= 4 is 17.3 Å². The first-order valence-corrected chi connectivity index (χ1v) is 11.5. The molecule has 11 heteroatoms. The summed E-state index contributed by atoms with van der Waals surface area (Å²) < 4.78 is 46.6. The third kappa shape index (κ3) is 5.76. The Balaban J connectivity index is 1.68. The number of alkyl halides is 3. The van der Waals surface area contributed by atoms with Gasteiger partial charge in [-0.05, 0) is 54.8 Å². The van der Waals surface area contributed by atoms with Crippen molar-refractivity contribution in [2.24, 2.45) is 13.0 Å². The highest BCUT2D eigenvalue weighted by Gasteiger charge is 2.32. The van der Waals surface area contributed by atoms with E-state index >= 15 is 0 Å². The van der Waals surface area contributed by atoms with Crippen LogP contribution < -0.4 is 26.2 Å². The van der Waals surface area contributed by atoms with Gasteiger partial charge in [-0.2, -0.15) is 13.2 Å². The molecule has 0 fully saturated rings. The van der Waals surface area contributed by atoms with Crippen molar-refractivity contribution in [3.8, 4) is 5.75 Å². The third-order valence-corrected chi connectivity index (χ3v) is 6.23. The maximum absolute atomic E-state index is 13.1. The molecule has 8 nitrogen and oxygen atoms in total. The molecule has 0 radical (unpaired) electrons. The molecule has 0 saturated carbocycles. The summed E-state index contributed by atoms with van der Waals surface area (Å²) in [5, 5.41) is 2.78. The molecule has 0 saturated heterocycles. The number of fused-ring (bicyclic) bond motifs is 1. The number of benzene rings is 2. The molecular formula is C26H25F3N4O4. The van der Waals surface area contributed by atoms with Crippen molar-refractivity contribution in [2.75, 3.05) is 18.0 Å². The van der Waals surface area contributed by atoms with Crippen molar-refractivity contribution in [1.29, 1.82) is 0 Å². The number of carbonyl (C=O) groups excluding carboxylic acids is 1. The van der Waals surface area contributed by atoms with Crippen LogP contribution >= 0.6 is 0 Å². The molecule has 1 aromatic heterocycles. The van der Waals surface area contributed by atoms with Gasteiger partial charge in [0.15, 0.2) is 0 Å². The fourth-order valence-electron chi connectivity index (χ4n) is 4.28. The van der Waals surface area contributed by atoms with Crippen LogP contribution in [0.4, 0.5) is 24.5 Å². The Bertz CT molecular complexity index is 1430. The molecular weight excluding hydrogens is 489 g/mol. The van der Waals surface area contributed by atoms with Gasteiger partial charge in [-0.25, -0.2) is 4.79 Å². The Hall–Kier alpha value is -4.28. The number of hydrogen-bond acceptors (Lipinski definition) is 5. The largest absolute Gasteiger partial charge is 0.487 e. The number of nitrogens with one attached hydrogen (secondary N) is 2. The van der Waals surface area contributed by atoms with Crippen LogP contribution in [-0.2, 0) is 31.0 Å². The summed E-state index contributed by atoms with van der Waals surface area (Å²) in [5.74, 6) is 0.0842.